The molecule has 0 saturated heterocycles. The minimum Gasteiger partial charge on any atom is -0.360 e. The Morgan fingerprint density at radius 3 is 2.72 bits per heavy atom. The summed E-state index contributed by atoms with van der Waals surface area (Å²) >= 11 is 1.41. The number of carbonyl (C=O) groups excluding carboxylic acids is 1. The number of hydrogen-bond donors (Lipinski definition) is 2. The molecule has 2 aromatic heterocycles. The van der Waals surface area contributed by atoms with Gasteiger partial charge in [-0.3, -0.25) is 9.36 Å². The van der Waals surface area contributed by atoms with E-state index in [1.54, 1.807) is 0 Å². The summed E-state index contributed by atoms with van der Waals surface area (Å²) in [7, 11) is 0. The van der Waals surface area contributed by atoms with Crippen LogP contribution in [0.2, 0.25) is 0 Å². The first-order valence-corrected chi connectivity index (χ1v) is 10.5. The van der Waals surface area contributed by atoms with E-state index in [0.29, 0.717) is 11.7 Å². The molecule has 0 aliphatic rings. The van der Waals surface area contributed by atoms with E-state index in [1.165, 1.54) is 11.8 Å². The molecule has 1 amide bonds. The quantitative estimate of drug-likeness (QED) is 0.468. The Hall–Kier alpha value is -3.06. The number of amides is 1. The van der Waals surface area contributed by atoms with E-state index in [1.807, 2.05) is 54.9 Å². The molecule has 148 valence electrons. The van der Waals surface area contributed by atoms with E-state index in [9.17, 15) is 4.79 Å². The first-order valence-electron chi connectivity index (χ1n) is 9.62. The molecule has 0 radical (unpaired) electrons. The summed E-state index contributed by atoms with van der Waals surface area (Å²) in [6, 6.07) is 16.3. The number of thioether (sulfide) groups is 1. The van der Waals surface area contributed by atoms with Crippen LogP contribution in [0.4, 0.5) is 0 Å². The first kappa shape index (κ1) is 19.3. The van der Waals surface area contributed by atoms with Crippen molar-refractivity contribution in [1.82, 2.24) is 25.1 Å². The van der Waals surface area contributed by atoms with E-state index >= 15 is 0 Å². The van der Waals surface area contributed by atoms with Crippen LogP contribution in [0, 0.1) is 6.92 Å². The number of nitrogens with one attached hydrogen (secondary N) is 2. The molecule has 0 aliphatic carbocycles. The molecular formula is C22H23N5OS. The van der Waals surface area contributed by atoms with E-state index < -0.39 is 0 Å². The van der Waals surface area contributed by atoms with Crippen LogP contribution < -0.4 is 5.32 Å². The Morgan fingerprint density at radius 1 is 1.17 bits per heavy atom. The average molecular weight is 406 g/mol. The van der Waals surface area contributed by atoms with E-state index in [-0.39, 0.29) is 11.2 Å². The topological polar surface area (TPSA) is 75.6 Å². The lowest BCUT2D eigenvalue weighted by Gasteiger charge is -2.15. The van der Waals surface area contributed by atoms with Crippen LogP contribution in [0.3, 0.4) is 0 Å². The summed E-state index contributed by atoms with van der Waals surface area (Å²) in [5, 5.41) is 13.4. The zero-order valence-corrected chi connectivity index (χ0v) is 17.5. The van der Waals surface area contributed by atoms with Crippen LogP contribution in [0.25, 0.3) is 28.0 Å². The van der Waals surface area contributed by atoms with Crippen LogP contribution in [0.15, 0.2) is 59.9 Å². The fourth-order valence-corrected chi connectivity index (χ4v) is 4.22. The van der Waals surface area contributed by atoms with Gasteiger partial charge in [0.1, 0.15) is 0 Å². The van der Waals surface area contributed by atoms with Crippen LogP contribution in [0.5, 0.6) is 0 Å². The molecule has 0 saturated carbocycles. The number of rotatable bonds is 6. The number of carbonyl (C=O) groups is 1. The minimum absolute atomic E-state index is 0.00882. The Kier molecular flexibility index (Phi) is 5.40. The number of aromatic amines is 1. The summed E-state index contributed by atoms with van der Waals surface area (Å²) in [5.74, 6) is 0.743. The maximum atomic E-state index is 12.3. The van der Waals surface area contributed by atoms with Crippen molar-refractivity contribution in [2.75, 3.05) is 6.54 Å². The van der Waals surface area contributed by atoms with Gasteiger partial charge in [0.05, 0.1) is 10.9 Å². The second-order valence-corrected chi connectivity index (χ2v) is 8.14. The summed E-state index contributed by atoms with van der Waals surface area (Å²) in [6.45, 7) is 6.48. The number of para-hydroxylation sites is 2. The van der Waals surface area contributed by atoms with Crippen LogP contribution >= 0.6 is 11.8 Å². The zero-order chi connectivity index (χ0) is 20.4. The summed E-state index contributed by atoms with van der Waals surface area (Å²) in [6.07, 6.45) is 1.96. The molecule has 7 heteroatoms. The number of hydrogen-bond acceptors (Lipinski definition) is 4. The smallest absolute Gasteiger partial charge is 0.233 e. The van der Waals surface area contributed by atoms with Crippen LogP contribution in [0.1, 0.15) is 19.4 Å². The van der Waals surface area contributed by atoms with Gasteiger partial charge in [0.25, 0.3) is 0 Å². The van der Waals surface area contributed by atoms with Gasteiger partial charge in [-0.2, -0.15) is 0 Å². The monoisotopic (exact) mass is 405 g/mol. The van der Waals surface area contributed by atoms with Crippen molar-refractivity contribution in [3.63, 3.8) is 0 Å². The number of aryl methyl sites for hydroxylation is 1. The van der Waals surface area contributed by atoms with Crippen molar-refractivity contribution in [1.29, 1.82) is 0 Å². The molecule has 4 aromatic rings. The highest BCUT2D eigenvalue weighted by Gasteiger charge is 2.23. The molecular weight excluding hydrogens is 382 g/mol. The van der Waals surface area contributed by atoms with Crippen LogP contribution in [-0.4, -0.2) is 37.5 Å². The van der Waals surface area contributed by atoms with Crippen molar-refractivity contribution in [2.45, 2.75) is 31.2 Å². The second kappa shape index (κ2) is 8.13. The van der Waals surface area contributed by atoms with Gasteiger partial charge in [-0.05, 0) is 38.5 Å². The van der Waals surface area contributed by atoms with Gasteiger partial charge in [0.2, 0.25) is 5.91 Å². The highest BCUT2D eigenvalue weighted by molar-refractivity contribution is 8.00. The number of H-pyrrole nitrogens is 1. The van der Waals surface area contributed by atoms with Crippen molar-refractivity contribution in [2.24, 2.45) is 0 Å². The Balaban J connectivity index is 1.86. The predicted octanol–water partition coefficient (Wildman–Crippen LogP) is 4.34. The molecule has 0 spiro atoms. The summed E-state index contributed by atoms with van der Waals surface area (Å²) < 4.78 is 2.05. The van der Waals surface area contributed by atoms with E-state index in [0.717, 1.165) is 33.5 Å². The van der Waals surface area contributed by atoms with Gasteiger partial charge >= 0.3 is 0 Å². The average Bonchev–Trinajstić information content (AvgIpc) is 3.32. The Bertz CT molecular complexity index is 1160. The van der Waals surface area contributed by atoms with E-state index in [4.69, 9.17) is 0 Å². The fraction of sp³-hybridized carbons (Fsp3) is 0.227. The minimum atomic E-state index is -0.280. The molecule has 2 aromatic carbocycles. The SMILES string of the molecule is CCNC(=O)C(C)Sc1nnc(-c2c[nH]c3ccccc23)n1-c1ccccc1C. The van der Waals surface area contributed by atoms with Gasteiger partial charge in [0, 0.05) is 29.2 Å². The highest BCUT2D eigenvalue weighted by Crippen LogP contribution is 2.34. The Morgan fingerprint density at radius 2 is 1.93 bits per heavy atom. The number of benzene rings is 2. The second-order valence-electron chi connectivity index (χ2n) is 6.83. The molecule has 2 N–H and O–H groups in total. The van der Waals surface area contributed by atoms with Crippen molar-refractivity contribution in [3.05, 3.63) is 60.3 Å². The Labute approximate surface area is 173 Å². The maximum absolute atomic E-state index is 12.3. The third-order valence-corrected chi connectivity index (χ3v) is 5.86. The lowest BCUT2D eigenvalue weighted by atomic mass is 10.1. The van der Waals surface area contributed by atoms with Crippen LogP contribution in [-0.2, 0) is 4.79 Å². The normalized spacial score (nSPS) is 12.2. The largest absolute Gasteiger partial charge is 0.360 e. The number of fused-ring (bicyclic) bond motifs is 1. The lowest BCUT2D eigenvalue weighted by molar-refractivity contribution is -0.120. The fourth-order valence-electron chi connectivity index (χ4n) is 3.34. The zero-order valence-electron chi connectivity index (χ0n) is 16.6. The predicted molar refractivity (Wildman–Crippen MR) is 117 cm³/mol. The van der Waals surface area contributed by atoms with E-state index in [2.05, 4.69) is 45.6 Å². The van der Waals surface area contributed by atoms with Crippen molar-refractivity contribution < 1.29 is 4.79 Å². The standard InChI is InChI=1S/C22H23N5OS/c1-4-23-21(28)15(3)29-22-26-25-20(27(22)19-12-8-5-9-14(19)2)17-13-24-18-11-7-6-10-16(17)18/h5-13,15,24H,4H2,1-3H3,(H,23,28). The summed E-state index contributed by atoms with van der Waals surface area (Å²) in [5.41, 5.74) is 4.14. The van der Waals surface area contributed by atoms with Gasteiger partial charge in [0.15, 0.2) is 11.0 Å². The van der Waals surface area contributed by atoms with Gasteiger partial charge in [-0.1, -0.05) is 48.2 Å². The molecule has 0 fully saturated rings. The third kappa shape index (κ3) is 3.65. The number of aromatic nitrogens is 4. The van der Waals surface area contributed by atoms with Gasteiger partial charge < -0.3 is 10.3 Å². The molecule has 4 rings (SSSR count). The van der Waals surface area contributed by atoms with Crippen molar-refractivity contribution in [3.8, 4) is 17.1 Å². The molecule has 0 aliphatic heterocycles. The first-order chi connectivity index (χ1) is 14.1. The van der Waals surface area contributed by atoms with Gasteiger partial charge in [-0.15, -0.1) is 10.2 Å². The van der Waals surface area contributed by atoms with Crippen molar-refractivity contribution >= 4 is 28.6 Å². The molecule has 1 unspecified atom stereocenters. The third-order valence-electron chi connectivity index (χ3n) is 4.82. The molecule has 29 heavy (non-hydrogen) atoms. The van der Waals surface area contributed by atoms with Gasteiger partial charge in [-0.25, -0.2) is 0 Å². The molecule has 2 heterocycles. The summed E-state index contributed by atoms with van der Waals surface area (Å²) in [4.78, 5) is 15.6. The highest BCUT2D eigenvalue weighted by atomic mass is 32.2. The number of nitrogens with zero attached hydrogens (tertiary/aromatic N) is 3. The maximum Gasteiger partial charge on any atom is 0.233 e. The molecule has 6 nitrogen and oxygen atoms in total. The lowest BCUT2D eigenvalue weighted by Crippen LogP contribution is -2.30. The molecule has 1 atom stereocenters. The molecule has 0 bridgehead atoms.